The maximum atomic E-state index is 12.6. The lowest BCUT2D eigenvalue weighted by molar-refractivity contribution is -0.150. The molecule has 3 fully saturated rings. The van der Waals surface area contributed by atoms with Crippen LogP contribution < -0.4 is 5.73 Å². The van der Waals surface area contributed by atoms with E-state index in [9.17, 15) is 4.79 Å². The third-order valence-corrected chi connectivity index (χ3v) is 15.3. The highest BCUT2D eigenvalue weighted by Gasteiger charge is 2.59. The number of unbranched alkanes of at least 4 members (excludes halogenated alkanes) is 14. The molecule has 0 aromatic heterocycles. The maximum absolute atomic E-state index is 12.6. The summed E-state index contributed by atoms with van der Waals surface area (Å²) in [6.07, 6.45) is 37.7. The predicted octanol–water partition coefficient (Wildman–Crippen LogP) is 13.5. The van der Waals surface area contributed by atoms with E-state index >= 15 is 0 Å². The van der Waals surface area contributed by atoms with Crippen LogP contribution in [0.2, 0.25) is 0 Å². The highest BCUT2D eigenvalue weighted by Crippen LogP contribution is 2.67. The van der Waals surface area contributed by atoms with Gasteiger partial charge in [0.25, 0.3) is 0 Å². The molecule has 0 amide bonds. The van der Waals surface area contributed by atoms with Gasteiger partial charge in [0.2, 0.25) is 0 Å². The first-order valence-electron chi connectivity index (χ1n) is 23.3. The number of hydrogen-bond donors (Lipinski definition) is 1. The molecule has 4 aliphatic rings. The topological polar surface area (TPSA) is 61.5 Å². The van der Waals surface area contributed by atoms with E-state index in [4.69, 9.17) is 15.2 Å². The Kier molecular flexibility index (Phi) is 19.1. The molecule has 4 rings (SSSR count). The molecule has 0 aromatic carbocycles. The van der Waals surface area contributed by atoms with Crippen LogP contribution in [0.3, 0.4) is 0 Å². The summed E-state index contributed by atoms with van der Waals surface area (Å²) in [5, 5.41) is 0. The molecular weight excluding hydrogens is 639 g/mol. The number of fused-ring (bicyclic) bond motifs is 5. The van der Waals surface area contributed by atoms with Crippen LogP contribution in [0.1, 0.15) is 215 Å². The van der Waals surface area contributed by atoms with Gasteiger partial charge in [-0.2, -0.15) is 0 Å². The monoisotopic (exact) mass is 726 g/mol. The molecular formula is C48H87NO3. The normalized spacial score (nSPS) is 31.1. The van der Waals surface area contributed by atoms with Gasteiger partial charge >= 0.3 is 5.97 Å². The molecule has 0 saturated heterocycles. The van der Waals surface area contributed by atoms with Crippen molar-refractivity contribution < 1.29 is 14.3 Å². The summed E-state index contributed by atoms with van der Waals surface area (Å²) in [4.78, 5) is 12.6. The zero-order chi connectivity index (χ0) is 37.4. The fraction of sp³-hybridized carbons (Fsp3) is 0.938. The van der Waals surface area contributed by atoms with E-state index in [1.807, 2.05) is 0 Å². The van der Waals surface area contributed by atoms with Crippen LogP contribution in [0.15, 0.2) is 11.6 Å². The Morgan fingerprint density at radius 3 is 2.04 bits per heavy atom. The average molecular weight is 726 g/mol. The van der Waals surface area contributed by atoms with Gasteiger partial charge in [0, 0.05) is 13.0 Å². The lowest BCUT2D eigenvalue weighted by Gasteiger charge is -2.58. The Morgan fingerprint density at radius 1 is 0.788 bits per heavy atom. The summed E-state index contributed by atoms with van der Waals surface area (Å²) in [6.45, 7) is 15.6. The quantitative estimate of drug-likeness (QED) is 0.0548. The third-order valence-electron chi connectivity index (χ3n) is 15.3. The summed E-state index contributed by atoms with van der Waals surface area (Å²) in [7, 11) is 0. The summed E-state index contributed by atoms with van der Waals surface area (Å²) < 4.78 is 12.3. The highest BCUT2D eigenvalue weighted by molar-refractivity contribution is 5.69. The third kappa shape index (κ3) is 12.6. The van der Waals surface area contributed by atoms with Crippen LogP contribution in [-0.4, -0.2) is 31.3 Å². The summed E-state index contributed by atoms with van der Waals surface area (Å²) in [5.74, 6) is 5.11. The second-order valence-electron chi connectivity index (χ2n) is 19.5. The number of esters is 1. The standard InChI is InChI=1S/C48H87NO3/c1-7-8-9-10-11-12-13-14-15-16-17-18-19-20-21-25-46(50)51-36-41(35-49)52-40-30-32-47(5)39(34-40)26-27-42-44-29-28-43(38(4)24-22-23-37(2)3)48(44,6)33-31-45(42)47/h26,37-38,40-45H,7-25,27-36,49H2,1-6H3/t38-,40+,41?,42+,43-,44+,45+,47+,48-/m1/s1. The van der Waals surface area contributed by atoms with Crippen LogP contribution in [-0.2, 0) is 14.3 Å². The lowest BCUT2D eigenvalue weighted by Crippen LogP contribution is -2.51. The molecule has 302 valence electrons. The van der Waals surface area contributed by atoms with Crippen LogP contribution in [0.4, 0.5) is 0 Å². The molecule has 52 heavy (non-hydrogen) atoms. The van der Waals surface area contributed by atoms with E-state index in [-0.39, 0.29) is 18.2 Å². The molecule has 0 spiro atoms. The van der Waals surface area contributed by atoms with Crippen molar-refractivity contribution in [1.29, 1.82) is 0 Å². The summed E-state index contributed by atoms with van der Waals surface area (Å²) >= 11 is 0. The van der Waals surface area contributed by atoms with Crippen LogP contribution >= 0.6 is 0 Å². The van der Waals surface area contributed by atoms with Crippen molar-refractivity contribution in [2.75, 3.05) is 13.2 Å². The number of ether oxygens (including phenoxy) is 2. The first-order chi connectivity index (χ1) is 25.1. The first kappa shape index (κ1) is 43.9. The van der Waals surface area contributed by atoms with E-state index < -0.39 is 0 Å². The molecule has 0 bridgehead atoms. The molecule has 4 heteroatoms. The predicted molar refractivity (Wildman–Crippen MR) is 221 cm³/mol. The minimum atomic E-state index is -0.204. The van der Waals surface area contributed by atoms with E-state index in [1.165, 1.54) is 141 Å². The van der Waals surface area contributed by atoms with Crippen LogP contribution in [0, 0.1) is 46.3 Å². The SMILES string of the molecule is CCCCCCCCCCCCCCCCCC(=O)OCC(CN)O[C@H]1CC[C@@]2(C)C(=CC[C@H]3[C@@H]4CC[C@H]([C@H](C)CCCC(C)C)[C@@]4(C)CC[C@@H]32)C1. The number of carbonyl (C=O) groups is 1. The molecule has 0 aliphatic heterocycles. The van der Waals surface area contributed by atoms with Gasteiger partial charge in [-0.05, 0) is 104 Å². The first-order valence-corrected chi connectivity index (χ1v) is 23.3. The van der Waals surface area contributed by atoms with E-state index in [2.05, 4.69) is 47.6 Å². The Bertz CT molecular complexity index is 1040. The van der Waals surface area contributed by atoms with Gasteiger partial charge < -0.3 is 15.2 Å². The summed E-state index contributed by atoms with van der Waals surface area (Å²) in [6, 6.07) is 0. The molecule has 2 N–H and O–H groups in total. The molecule has 0 heterocycles. The largest absolute Gasteiger partial charge is 0.463 e. The van der Waals surface area contributed by atoms with Gasteiger partial charge in [0.1, 0.15) is 12.7 Å². The average Bonchev–Trinajstić information content (AvgIpc) is 3.49. The van der Waals surface area contributed by atoms with Gasteiger partial charge in [-0.25, -0.2) is 0 Å². The Labute approximate surface area is 323 Å². The Balaban J connectivity index is 1.10. The molecule has 9 atom stereocenters. The molecule has 0 radical (unpaired) electrons. The number of carbonyl (C=O) groups excluding carboxylic acids is 1. The number of hydrogen-bond acceptors (Lipinski definition) is 4. The van der Waals surface area contributed by atoms with Crippen molar-refractivity contribution in [3.05, 3.63) is 11.6 Å². The fourth-order valence-corrected chi connectivity index (χ4v) is 12.1. The minimum Gasteiger partial charge on any atom is -0.463 e. The summed E-state index contributed by atoms with van der Waals surface area (Å²) in [5.41, 5.74) is 8.68. The number of nitrogens with two attached hydrogens (primary N) is 1. The number of allylic oxidation sites excluding steroid dienone is 1. The van der Waals surface area contributed by atoms with Crippen molar-refractivity contribution in [1.82, 2.24) is 0 Å². The van der Waals surface area contributed by atoms with Gasteiger partial charge in [0.05, 0.1) is 6.10 Å². The Morgan fingerprint density at radius 2 is 1.42 bits per heavy atom. The second-order valence-corrected chi connectivity index (χ2v) is 19.5. The Hall–Kier alpha value is -0.870. The zero-order valence-corrected chi connectivity index (χ0v) is 35.5. The number of rotatable bonds is 26. The van der Waals surface area contributed by atoms with Gasteiger partial charge in [0.15, 0.2) is 0 Å². The van der Waals surface area contributed by atoms with E-state index in [0.717, 1.165) is 61.2 Å². The van der Waals surface area contributed by atoms with Crippen molar-refractivity contribution >= 4 is 5.97 Å². The molecule has 0 aromatic rings. The maximum Gasteiger partial charge on any atom is 0.305 e. The van der Waals surface area contributed by atoms with Crippen molar-refractivity contribution in [3.63, 3.8) is 0 Å². The minimum absolute atomic E-state index is 0.0857. The lowest BCUT2D eigenvalue weighted by atomic mass is 9.47. The molecule has 4 aliphatic carbocycles. The van der Waals surface area contributed by atoms with E-state index in [0.29, 0.717) is 30.4 Å². The van der Waals surface area contributed by atoms with Crippen LogP contribution in [0.25, 0.3) is 0 Å². The smallest absolute Gasteiger partial charge is 0.305 e. The van der Waals surface area contributed by atoms with Crippen molar-refractivity contribution in [2.45, 2.75) is 227 Å². The van der Waals surface area contributed by atoms with Gasteiger partial charge in [-0.3, -0.25) is 4.79 Å². The molecule has 4 nitrogen and oxygen atoms in total. The van der Waals surface area contributed by atoms with Gasteiger partial charge in [-0.1, -0.05) is 162 Å². The van der Waals surface area contributed by atoms with Crippen molar-refractivity contribution in [3.8, 4) is 0 Å². The molecule has 1 unspecified atom stereocenters. The highest BCUT2D eigenvalue weighted by atomic mass is 16.6. The zero-order valence-electron chi connectivity index (χ0n) is 35.5. The van der Waals surface area contributed by atoms with Crippen molar-refractivity contribution in [2.24, 2.45) is 52.1 Å². The second kappa shape index (κ2) is 22.6. The molecule has 3 saturated carbocycles. The van der Waals surface area contributed by atoms with E-state index in [1.54, 1.807) is 5.57 Å². The van der Waals surface area contributed by atoms with Crippen LogP contribution in [0.5, 0.6) is 0 Å². The fourth-order valence-electron chi connectivity index (χ4n) is 12.1. The van der Waals surface area contributed by atoms with Gasteiger partial charge in [-0.15, -0.1) is 0 Å².